The van der Waals surface area contributed by atoms with Gasteiger partial charge in [0.25, 0.3) is 0 Å². The standard InChI is InChI=1S/C35H36N4O4/c1-23-16-32(40-3)34(43-22-25-10-13-31-30(17-25)37-38-39(31)2)18-26(23)11-12-29-28-20-33(41-4)35(19-27(28)14-15-36-29)42-21-24-8-6-5-7-9-24/h5-13,16-20,29,36H,14-15,21-22H2,1-4H3/b12-11+. The van der Waals surface area contributed by atoms with E-state index >= 15 is 0 Å². The van der Waals surface area contributed by atoms with E-state index in [1.165, 1.54) is 11.1 Å². The summed E-state index contributed by atoms with van der Waals surface area (Å²) < 4.78 is 25.6. The lowest BCUT2D eigenvalue weighted by Crippen LogP contribution is -2.28. The van der Waals surface area contributed by atoms with Crippen LogP contribution in [0.5, 0.6) is 23.0 Å². The lowest BCUT2D eigenvalue weighted by atomic mass is 9.92. The molecule has 0 saturated carbocycles. The molecule has 0 saturated heterocycles. The van der Waals surface area contributed by atoms with Crippen molar-refractivity contribution in [1.29, 1.82) is 0 Å². The van der Waals surface area contributed by atoms with E-state index in [2.05, 4.69) is 59.0 Å². The molecule has 1 aliphatic rings. The molecule has 1 aliphatic heterocycles. The zero-order valence-corrected chi connectivity index (χ0v) is 25.0. The van der Waals surface area contributed by atoms with Crippen molar-refractivity contribution < 1.29 is 18.9 Å². The number of nitrogens with zero attached hydrogens (tertiary/aromatic N) is 3. The Bertz CT molecular complexity index is 1760. The van der Waals surface area contributed by atoms with Crippen LogP contribution in [-0.4, -0.2) is 35.8 Å². The number of benzene rings is 4. The Balaban J connectivity index is 1.21. The Morgan fingerprint density at radius 3 is 2.40 bits per heavy atom. The monoisotopic (exact) mass is 576 g/mol. The highest BCUT2D eigenvalue weighted by Gasteiger charge is 2.21. The quantitative estimate of drug-likeness (QED) is 0.207. The maximum atomic E-state index is 6.25. The van der Waals surface area contributed by atoms with Crippen molar-refractivity contribution in [2.75, 3.05) is 20.8 Å². The van der Waals surface area contributed by atoms with Crippen LogP contribution in [0.1, 0.15) is 39.4 Å². The molecule has 0 bridgehead atoms. The number of aryl methyl sites for hydroxylation is 2. The van der Waals surface area contributed by atoms with E-state index in [9.17, 15) is 0 Å². The van der Waals surface area contributed by atoms with E-state index in [0.29, 0.717) is 24.7 Å². The molecule has 0 fully saturated rings. The van der Waals surface area contributed by atoms with Gasteiger partial charge in [-0.15, -0.1) is 5.10 Å². The van der Waals surface area contributed by atoms with E-state index < -0.39 is 0 Å². The third-order valence-electron chi connectivity index (χ3n) is 7.85. The summed E-state index contributed by atoms with van der Waals surface area (Å²) in [6.07, 6.45) is 5.26. The third-order valence-corrected chi connectivity index (χ3v) is 7.85. The highest BCUT2D eigenvalue weighted by atomic mass is 16.5. The molecule has 8 heteroatoms. The highest BCUT2D eigenvalue weighted by Crippen LogP contribution is 2.37. The maximum Gasteiger partial charge on any atom is 0.162 e. The molecule has 2 heterocycles. The average Bonchev–Trinajstić information content (AvgIpc) is 3.41. The van der Waals surface area contributed by atoms with Crippen LogP contribution in [0, 0.1) is 6.92 Å². The molecule has 0 spiro atoms. The van der Waals surface area contributed by atoms with Crippen molar-refractivity contribution in [3.63, 3.8) is 0 Å². The molecule has 4 aromatic carbocycles. The van der Waals surface area contributed by atoms with E-state index in [1.807, 2.05) is 55.6 Å². The molecule has 6 rings (SSSR count). The molecule has 0 radical (unpaired) electrons. The fraction of sp³-hybridized carbons (Fsp3) is 0.257. The van der Waals surface area contributed by atoms with Gasteiger partial charge in [-0.05, 0) is 83.1 Å². The minimum absolute atomic E-state index is 0.0328. The molecule has 220 valence electrons. The summed E-state index contributed by atoms with van der Waals surface area (Å²) in [5, 5.41) is 12.0. The third kappa shape index (κ3) is 6.20. The summed E-state index contributed by atoms with van der Waals surface area (Å²) in [5.74, 6) is 2.88. The van der Waals surface area contributed by atoms with Gasteiger partial charge in [0.05, 0.1) is 25.8 Å². The second-order valence-corrected chi connectivity index (χ2v) is 10.7. The first-order chi connectivity index (χ1) is 21.0. The van der Waals surface area contributed by atoms with E-state index in [0.717, 1.165) is 57.8 Å². The van der Waals surface area contributed by atoms with Crippen molar-refractivity contribution in [3.05, 3.63) is 112 Å². The largest absolute Gasteiger partial charge is 0.493 e. The predicted molar refractivity (Wildman–Crippen MR) is 168 cm³/mol. The minimum atomic E-state index is 0.0328. The van der Waals surface area contributed by atoms with Crippen LogP contribution in [0.2, 0.25) is 0 Å². The molecule has 5 aromatic rings. The molecule has 1 unspecified atom stereocenters. The minimum Gasteiger partial charge on any atom is -0.493 e. The van der Waals surface area contributed by atoms with Crippen molar-refractivity contribution in [2.24, 2.45) is 7.05 Å². The molecule has 1 aromatic heterocycles. The van der Waals surface area contributed by atoms with E-state index in [-0.39, 0.29) is 6.04 Å². The second-order valence-electron chi connectivity index (χ2n) is 10.7. The Labute approximate surface area is 251 Å². The van der Waals surface area contributed by atoms with E-state index in [4.69, 9.17) is 18.9 Å². The average molecular weight is 577 g/mol. The lowest BCUT2D eigenvalue weighted by Gasteiger charge is -2.26. The number of hydrogen-bond acceptors (Lipinski definition) is 7. The van der Waals surface area contributed by atoms with Gasteiger partial charge < -0.3 is 24.3 Å². The van der Waals surface area contributed by atoms with Crippen LogP contribution < -0.4 is 24.3 Å². The van der Waals surface area contributed by atoms with Crippen molar-refractivity contribution in [3.8, 4) is 23.0 Å². The summed E-state index contributed by atoms with van der Waals surface area (Å²) in [5.41, 5.74) is 8.56. The van der Waals surface area contributed by atoms with Crippen LogP contribution in [0.4, 0.5) is 0 Å². The number of nitrogens with one attached hydrogen (secondary N) is 1. The molecule has 43 heavy (non-hydrogen) atoms. The molecular weight excluding hydrogens is 540 g/mol. The number of hydrogen-bond donors (Lipinski definition) is 1. The number of aromatic nitrogens is 3. The van der Waals surface area contributed by atoms with Gasteiger partial charge in [0.1, 0.15) is 18.7 Å². The van der Waals surface area contributed by atoms with Gasteiger partial charge in [0, 0.05) is 13.6 Å². The van der Waals surface area contributed by atoms with Crippen LogP contribution in [0.15, 0.2) is 78.9 Å². The molecule has 8 nitrogen and oxygen atoms in total. The van der Waals surface area contributed by atoms with Crippen LogP contribution in [0.25, 0.3) is 17.1 Å². The van der Waals surface area contributed by atoms with Gasteiger partial charge in [-0.3, -0.25) is 0 Å². The fourth-order valence-electron chi connectivity index (χ4n) is 5.44. The maximum absolute atomic E-state index is 6.25. The van der Waals surface area contributed by atoms with Crippen LogP contribution in [0.3, 0.4) is 0 Å². The Hall–Kier alpha value is -4.82. The smallest absolute Gasteiger partial charge is 0.162 e. The molecule has 0 amide bonds. The zero-order valence-electron chi connectivity index (χ0n) is 25.0. The first-order valence-corrected chi connectivity index (χ1v) is 14.4. The van der Waals surface area contributed by atoms with Gasteiger partial charge in [0.15, 0.2) is 23.0 Å². The summed E-state index contributed by atoms with van der Waals surface area (Å²) in [7, 11) is 5.23. The van der Waals surface area contributed by atoms with Gasteiger partial charge in [-0.1, -0.05) is 53.8 Å². The van der Waals surface area contributed by atoms with Crippen LogP contribution >= 0.6 is 0 Å². The van der Waals surface area contributed by atoms with Crippen LogP contribution in [-0.2, 0) is 26.7 Å². The van der Waals surface area contributed by atoms with Crippen molar-refractivity contribution in [2.45, 2.75) is 32.6 Å². The Morgan fingerprint density at radius 1 is 0.860 bits per heavy atom. The van der Waals surface area contributed by atoms with Crippen molar-refractivity contribution in [1.82, 2.24) is 20.3 Å². The molecule has 1 atom stereocenters. The molecule has 1 N–H and O–H groups in total. The lowest BCUT2D eigenvalue weighted by molar-refractivity contribution is 0.283. The highest BCUT2D eigenvalue weighted by molar-refractivity contribution is 5.74. The fourth-order valence-corrected chi connectivity index (χ4v) is 5.44. The van der Waals surface area contributed by atoms with Crippen molar-refractivity contribution >= 4 is 17.1 Å². The summed E-state index contributed by atoms with van der Waals surface area (Å²) in [4.78, 5) is 0. The van der Waals surface area contributed by atoms with Gasteiger partial charge in [-0.2, -0.15) is 0 Å². The predicted octanol–water partition coefficient (Wildman–Crippen LogP) is 6.35. The molecular formula is C35H36N4O4. The normalized spacial score (nSPS) is 14.6. The Kier molecular flexibility index (Phi) is 8.29. The first-order valence-electron chi connectivity index (χ1n) is 14.4. The number of fused-ring (bicyclic) bond motifs is 2. The second kappa shape index (κ2) is 12.6. The topological polar surface area (TPSA) is 79.7 Å². The SMILES string of the molecule is COc1cc(C)c(/C=C/C2NCCc3cc(OCc4ccccc4)c(OC)cc32)cc1OCc1ccc2c(c1)nnn2C. The van der Waals surface area contributed by atoms with Gasteiger partial charge >= 0.3 is 0 Å². The first kappa shape index (κ1) is 28.3. The summed E-state index contributed by atoms with van der Waals surface area (Å²) >= 11 is 0. The van der Waals surface area contributed by atoms with Gasteiger partial charge in [-0.25, -0.2) is 4.68 Å². The molecule has 0 aliphatic carbocycles. The number of ether oxygens (including phenoxy) is 4. The van der Waals surface area contributed by atoms with Gasteiger partial charge in [0.2, 0.25) is 0 Å². The van der Waals surface area contributed by atoms with E-state index in [1.54, 1.807) is 18.9 Å². The summed E-state index contributed by atoms with van der Waals surface area (Å²) in [6, 6.07) is 24.5. The zero-order chi connectivity index (χ0) is 29.8. The number of methoxy groups -OCH3 is 2. The Morgan fingerprint density at radius 2 is 1.60 bits per heavy atom. The summed E-state index contributed by atoms with van der Waals surface area (Å²) in [6.45, 7) is 3.84. The number of rotatable bonds is 10.